The number of nitrogens with zero attached hydrogens (tertiary/aromatic N) is 3. The molecule has 0 aromatic carbocycles. The van der Waals surface area contributed by atoms with Gasteiger partial charge in [0.2, 0.25) is 0 Å². The first-order valence-electron chi connectivity index (χ1n) is 11.8. The van der Waals surface area contributed by atoms with Crippen LogP contribution in [-0.4, -0.2) is 35.7 Å². The highest BCUT2D eigenvalue weighted by molar-refractivity contribution is 7.23. The second-order valence-corrected chi connectivity index (χ2v) is 13.8. The van der Waals surface area contributed by atoms with Gasteiger partial charge in [-0.15, -0.1) is 45.3 Å². The Kier molecular flexibility index (Phi) is 6.08. The molecule has 0 aliphatic carbocycles. The first-order chi connectivity index (χ1) is 18.3. The van der Waals surface area contributed by atoms with Crippen molar-refractivity contribution in [3.8, 4) is 15.8 Å². The summed E-state index contributed by atoms with van der Waals surface area (Å²) >= 11 is 6.36. The molecular formula is C29H21N3O2S4. The molecule has 5 nitrogen and oxygen atoms in total. The van der Waals surface area contributed by atoms with Crippen LogP contribution in [0.3, 0.4) is 0 Å². The first-order valence-corrected chi connectivity index (χ1v) is 15.0. The predicted octanol–water partition coefficient (Wildman–Crippen LogP) is 7.35. The Bertz CT molecular complexity index is 1780. The van der Waals surface area contributed by atoms with Crippen LogP contribution in [0, 0.1) is 25.2 Å². The molecule has 0 N–H and O–H groups in total. The van der Waals surface area contributed by atoms with E-state index >= 15 is 0 Å². The van der Waals surface area contributed by atoms with Gasteiger partial charge in [0.1, 0.15) is 6.07 Å². The zero-order chi connectivity index (χ0) is 26.7. The number of hydrogen-bond donors (Lipinski definition) is 0. The number of carbonyl (C=O) groups is 2. The van der Waals surface area contributed by atoms with Crippen molar-refractivity contribution in [2.45, 2.75) is 13.8 Å². The Morgan fingerprint density at radius 1 is 0.711 bits per heavy atom. The van der Waals surface area contributed by atoms with Crippen molar-refractivity contribution in [3.63, 3.8) is 0 Å². The topological polar surface area (TPSA) is 64.4 Å². The monoisotopic (exact) mass is 571 g/mol. The van der Waals surface area contributed by atoms with Crippen LogP contribution in [-0.2, 0) is 9.59 Å². The van der Waals surface area contributed by atoms with E-state index in [2.05, 4.69) is 19.1 Å². The van der Waals surface area contributed by atoms with Crippen LogP contribution < -0.4 is 0 Å². The van der Waals surface area contributed by atoms with E-state index in [9.17, 15) is 14.9 Å². The molecule has 188 valence electrons. The maximum atomic E-state index is 13.4. The third-order valence-corrected chi connectivity index (χ3v) is 10.9. The van der Waals surface area contributed by atoms with Crippen LogP contribution in [0.2, 0.25) is 0 Å². The minimum atomic E-state index is -0.158. The highest BCUT2D eigenvalue weighted by atomic mass is 32.1. The minimum Gasteiger partial charge on any atom is -0.309 e. The van der Waals surface area contributed by atoms with Gasteiger partial charge in [-0.05, 0) is 68.5 Å². The molecule has 0 spiro atoms. The third-order valence-electron chi connectivity index (χ3n) is 6.53. The van der Waals surface area contributed by atoms with Gasteiger partial charge in [0.25, 0.3) is 11.8 Å². The fourth-order valence-electron chi connectivity index (χ4n) is 4.71. The molecule has 0 radical (unpaired) electrons. The number of thiophene rings is 4. The van der Waals surface area contributed by atoms with Gasteiger partial charge in [0.15, 0.2) is 0 Å². The number of hydrogen-bond acceptors (Lipinski definition) is 7. The molecule has 2 aliphatic rings. The van der Waals surface area contributed by atoms with E-state index in [1.165, 1.54) is 4.88 Å². The smallest absolute Gasteiger partial charge is 0.261 e. The van der Waals surface area contributed by atoms with E-state index in [1.807, 2.05) is 55.5 Å². The first kappa shape index (κ1) is 24.8. The lowest BCUT2D eigenvalue weighted by molar-refractivity contribution is -0.123. The maximum Gasteiger partial charge on any atom is 0.261 e. The zero-order valence-electron chi connectivity index (χ0n) is 21.0. The highest BCUT2D eigenvalue weighted by Gasteiger charge is 2.47. The second kappa shape index (κ2) is 9.33. The molecule has 0 bridgehead atoms. The molecule has 0 fully saturated rings. The molecule has 4 aromatic heterocycles. The summed E-state index contributed by atoms with van der Waals surface area (Å²) in [5.41, 5.74) is 2.94. The quantitative estimate of drug-likeness (QED) is 0.235. The Balaban J connectivity index is 1.38. The minimum absolute atomic E-state index is 0.158. The van der Waals surface area contributed by atoms with Crippen molar-refractivity contribution >= 4 is 80.2 Å². The van der Waals surface area contributed by atoms with Gasteiger partial charge in [-0.1, -0.05) is 0 Å². The van der Waals surface area contributed by atoms with Gasteiger partial charge in [0.05, 0.1) is 37.9 Å². The zero-order valence-corrected chi connectivity index (χ0v) is 24.3. The number of nitriles is 1. The molecular weight excluding hydrogens is 551 g/mol. The molecule has 6 heterocycles. The lowest BCUT2D eigenvalue weighted by Crippen LogP contribution is -2.24. The van der Waals surface area contributed by atoms with Gasteiger partial charge < -0.3 is 9.80 Å². The number of carbonyl (C=O) groups excluding carboxylic acids is 2. The molecule has 9 heteroatoms. The fraction of sp³-hybridized carbons (Fsp3) is 0.138. The summed E-state index contributed by atoms with van der Waals surface area (Å²) in [5, 5.41) is 9.78. The molecule has 2 amide bonds. The summed E-state index contributed by atoms with van der Waals surface area (Å²) < 4.78 is 0. The Morgan fingerprint density at radius 3 is 1.82 bits per heavy atom. The maximum absolute atomic E-state index is 13.4. The molecule has 0 unspecified atom stereocenters. The molecule has 6 rings (SSSR count). The Hall–Kier alpha value is -3.55. The Morgan fingerprint density at radius 2 is 1.24 bits per heavy atom. The largest absolute Gasteiger partial charge is 0.309 e. The van der Waals surface area contributed by atoms with E-state index in [4.69, 9.17) is 0 Å². The van der Waals surface area contributed by atoms with Crippen molar-refractivity contribution in [2.75, 3.05) is 14.1 Å². The van der Waals surface area contributed by atoms with Gasteiger partial charge in [-0.2, -0.15) is 5.26 Å². The lowest BCUT2D eigenvalue weighted by atomic mass is 10.1. The molecule has 0 saturated heterocycles. The van der Waals surface area contributed by atoms with Crippen LogP contribution in [0.25, 0.3) is 32.8 Å². The molecule has 38 heavy (non-hydrogen) atoms. The van der Waals surface area contributed by atoms with Gasteiger partial charge in [-0.3, -0.25) is 9.59 Å². The highest BCUT2D eigenvalue weighted by Crippen LogP contribution is 2.48. The third kappa shape index (κ3) is 3.92. The number of likely N-dealkylation sites (N-methyl/N-ethyl adjacent to an activating group) is 2. The lowest BCUT2D eigenvalue weighted by Gasteiger charge is -2.18. The average molecular weight is 572 g/mol. The van der Waals surface area contributed by atoms with Crippen LogP contribution in [0.4, 0.5) is 0 Å². The Labute approximate surface area is 236 Å². The van der Waals surface area contributed by atoms with Crippen LogP contribution in [0.15, 0.2) is 59.7 Å². The molecule has 2 aliphatic heterocycles. The SMILES string of the molecule is Cc1ccc(/C=C(\C#N)c2ccc(-c3ccc(C4=C5C(=O)N(C)C(c6ccc(C)s6)=C5C(=O)N4C)s3)s2)s1. The van der Waals surface area contributed by atoms with E-state index < -0.39 is 0 Å². The van der Waals surface area contributed by atoms with Crippen LogP contribution >= 0.6 is 45.3 Å². The summed E-state index contributed by atoms with van der Waals surface area (Å²) in [6.07, 6.45) is 1.93. The molecule has 4 aromatic rings. The number of allylic oxidation sites excluding steroid dienone is 1. The molecule has 0 saturated carbocycles. The van der Waals surface area contributed by atoms with Crippen molar-refractivity contribution in [2.24, 2.45) is 0 Å². The second-order valence-electron chi connectivity index (χ2n) is 9.03. The average Bonchev–Trinajstić information content (AvgIpc) is 3.73. The number of rotatable bonds is 5. The van der Waals surface area contributed by atoms with E-state index in [0.29, 0.717) is 28.1 Å². The van der Waals surface area contributed by atoms with Gasteiger partial charge in [0, 0.05) is 43.4 Å². The van der Waals surface area contributed by atoms with Crippen molar-refractivity contribution < 1.29 is 9.59 Å². The van der Waals surface area contributed by atoms with E-state index in [-0.39, 0.29) is 11.8 Å². The van der Waals surface area contributed by atoms with Crippen LogP contribution in [0.5, 0.6) is 0 Å². The summed E-state index contributed by atoms with van der Waals surface area (Å²) in [4.78, 5) is 38.2. The van der Waals surface area contributed by atoms with Crippen molar-refractivity contribution in [1.29, 1.82) is 5.26 Å². The fourth-order valence-corrected chi connectivity index (χ4v) is 8.64. The number of fused-ring (bicyclic) bond motifs is 1. The summed E-state index contributed by atoms with van der Waals surface area (Å²) in [6.45, 7) is 4.07. The number of amides is 2. The normalized spacial score (nSPS) is 15.8. The number of aryl methyl sites for hydroxylation is 2. The standard InChI is InChI=1S/C29H21N3O2S4/c1-15-5-7-18(35-15)13-17(14-30)19-9-10-20(37-19)21-11-12-23(38-21)27-25-24(28(33)32(27)4)26(31(3)29(25)34)22-8-6-16(2)36-22/h5-13H,1-4H3/b17-13+. The summed E-state index contributed by atoms with van der Waals surface area (Å²) in [5.74, 6) is -0.315. The van der Waals surface area contributed by atoms with Crippen molar-refractivity contribution in [3.05, 3.63) is 88.9 Å². The van der Waals surface area contributed by atoms with Gasteiger partial charge >= 0.3 is 0 Å². The predicted molar refractivity (Wildman–Crippen MR) is 159 cm³/mol. The van der Waals surface area contributed by atoms with Crippen LogP contribution in [0.1, 0.15) is 29.3 Å². The molecule has 0 atom stereocenters. The van der Waals surface area contributed by atoms with Gasteiger partial charge in [-0.25, -0.2) is 0 Å². The van der Waals surface area contributed by atoms with E-state index in [0.717, 1.165) is 34.1 Å². The summed E-state index contributed by atoms with van der Waals surface area (Å²) in [6, 6.07) is 18.4. The summed E-state index contributed by atoms with van der Waals surface area (Å²) in [7, 11) is 3.47. The van der Waals surface area contributed by atoms with Crippen molar-refractivity contribution in [1.82, 2.24) is 9.80 Å². The van der Waals surface area contributed by atoms with E-state index in [1.54, 1.807) is 69.2 Å².